The molecular formula is C15H18N3O4S-. The Balaban J connectivity index is 2.44. The maximum absolute atomic E-state index is 12.4. The van der Waals surface area contributed by atoms with Crippen LogP contribution in [0.25, 0.3) is 0 Å². The van der Waals surface area contributed by atoms with E-state index in [-0.39, 0.29) is 17.0 Å². The Morgan fingerprint density at radius 2 is 2.17 bits per heavy atom. The number of allylic oxidation sites excluding steroid dienone is 1. The van der Waals surface area contributed by atoms with Crippen LogP contribution < -0.4 is 15.9 Å². The summed E-state index contributed by atoms with van der Waals surface area (Å²) >= 11 is 5.14. The van der Waals surface area contributed by atoms with Gasteiger partial charge in [0.05, 0.1) is 23.4 Å². The van der Waals surface area contributed by atoms with Crippen LogP contribution in [-0.4, -0.2) is 22.4 Å². The van der Waals surface area contributed by atoms with Crippen LogP contribution in [-0.2, 0) is 9.53 Å². The highest BCUT2D eigenvalue weighted by molar-refractivity contribution is 7.80. The van der Waals surface area contributed by atoms with Gasteiger partial charge in [-0.15, -0.1) is 0 Å². The highest BCUT2D eigenvalue weighted by atomic mass is 32.1. The first-order chi connectivity index (χ1) is 10.8. The van der Waals surface area contributed by atoms with Crippen molar-refractivity contribution in [1.82, 2.24) is 10.6 Å². The molecule has 1 aliphatic heterocycles. The van der Waals surface area contributed by atoms with Crippen LogP contribution in [0.1, 0.15) is 32.4 Å². The first kappa shape index (κ1) is 17.2. The molecule has 0 bridgehead atoms. The maximum Gasteiger partial charge on any atom is 0.338 e. The molecule has 124 valence electrons. The summed E-state index contributed by atoms with van der Waals surface area (Å²) in [5, 5.41) is 26.2. The van der Waals surface area contributed by atoms with Gasteiger partial charge in [0.2, 0.25) is 0 Å². The van der Waals surface area contributed by atoms with Crippen LogP contribution in [0.3, 0.4) is 0 Å². The van der Waals surface area contributed by atoms with Crippen LogP contribution in [0.2, 0.25) is 0 Å². The highest BCUT2D eigenvalue weighted by Crippen LogP contribution is 2.29. The number of carbonyl (C=O) groups is 1. The molecule has 8 heteroatoms. The standard InChI is InChI=1S/C15H18N3O4S/c1-8(2)22-14(19)12-9(3)16-15(23)17-13(12)10-5-4-6-11(7-10)18(20)21/h4-8,13,20H,1-3H3,(H2,16,17,23)/q-1/t13-/m1/s1. The Bertz CT molecular complexity index is 658. The van der Waals surface area contributed by atoms with E-state index in [9.17, 15) is 10.0 Å². The van der Waals surface area contributed by atoms with E-state index in [1.54, 1.807) is 32.9 Å². The largest absolute Gasteiger partial charge is 0.733 e. The lowest BCUT2D eigenvalue weighted by molar-refractivity contribution is -0.143. The molecule has 1 atom stereocenters. The molecule has 2 rings (SSSR count). The zero-order valence-electron chi connectivity index (χ0n) is 13.0. The van der Waals surface area contributed by atoms with E-state index in [4.69, 9.17) is 22.2 Å². The lowest BCUT2D eigenvalue weighted by Crippen LogP contribution is -2.45. The molecular weight excluding hydrogens is 318 g/mol. The molecule has 0 radical (unpaired) electrons. The topological polar surface area (TPSA) is 96.9 Å². The average Bonchev–Trinajstić information content (AvgIpc) is 2.45. The van der Waals surface area contributed by atoms with E-state index in [1.165, 1.54) is 12.1 Å². The van der Waals surface area contributed by atoms with Crippen molar-refractivity contribution in [1.29, 1.82) is 0 Å². The molecule has 0 aliphatic carbocycles. The van der Waals surface area contributed by atoms with Gasteiger partial charge in [-0.3, -0.25) is 5.21 Å². The lowest BCUT2D eigenvalue weighted by Gasteiger charge is -2.31. The van der Waals surface area contributed by atoms with Gasteiger partial charge in [-0.05, 0) is 50.7 Å². The predicted molar refractivity (Wildman–Crippen MR) is 89.6 cm³/mol. The van der Waals surface area contributed by atoms with Crippen LogP contribution in [0.5, 0.6) is 0 Å². The molecule has 1 aromatic carbocycles. The molecule has 1 aliphatic rings. The number of esters is 1. The predicted octanol–water partition coefficient (Wildman–Crippen LogP) is 2.12. The number of nitrogens with one attached hydrogen (secondary N) is 2. The number of hydrogen-bond acceptors (Lipinski definition) is 6. The van der Waals surface area contributed by atoms with Crippen molar-refractivity contribution in [3.63, 3.8) is 0 Å². The third-order valence-corrected chi connectivity index (χ3v) is 3.48. The van der Waals surface area contributed by atoms with Gasteiger partial charge < -0.3 is 25.8 Å². The highest BCUT2D eigenvalue weighted by Gasteiger charge is 2.31. The van der Waals surface area contributed by atoms with E-state index in [0.29, 0.717) is 21.9 Å². The smallest absolute Gasteiger partial charge is 0.338 e. The van der Waals surface area contributed by atoms with Crippen molar-refractivity contribution < 1.29 is 14.7 Å². The summed E-state index contributed by atoms with van der Waals surface area (Å²) in [6.45, 7) is 5.25. The second kappa shape index (κ2) is 6.95. The summed E-state index contributed by atoms with van der Waals surface area (Å²) in [6, 6.07) is 5.70. The Hall–Kier alpha value is -2.16. The molecule has 0 amide bonds. The number of thiocarbonyl (C=S) groups is 1. The fourth-order valence-electron chi connectivity index (χ4n) is 2.32. The van der Waals surface area contributed by atoms with Crippen molar-refractivity contribution in [2.45, 2.75) is 32.9 Å². The molecule has 1 aromatic rings. The monoisotopic (exact) mass is 336 g/mol. The zero-order chi connectivity index (χ0) is 17.1. The lowest BCUT2D eigenvalue weighted by atomic mass is 9.95. The van der Waals surface area contributed by atoms with Gasteiger partial charge in [0.1, 0.15) is 0 Å². The molecule has 0 aromatic heterocycles. The SMILES string of the molecule is CC1=C(C(=O)OC(C)C)[C@@H](c2cccc(N([O-])O)c2)NC(=S)N1. The molecule has 1 heterocycles. The van der Waals surface area contributed by atoms with E-state index in [1.807, 2.05) is 0 Å². The Kier molecular flexibility index (Phi) is 5.19. The van der Waals surface area contributed by atoms with Gasteiger partial charge in [0, 0.05) is 5.70 Å². The summed E-state index contributed by atoms with van der Waals surface area (Å²) in [7, 11) is 0. The summed E-state index contributed by atoms with van der Waals surface area (Å²) in [5.41, 5.74) is 1.62. The van der Waals surface area contributed by atoms with Crippen LogP contribution in [0.4, 0.5) is 5.69 Å². The minimum Gasteiger partial charge on any atom is -0.733 e. The number of ether oxygens (including phenoxy) is 1. The summed E-state index contributed by atoms with van der Waals surface area (Å²) < 4.78 is 5.28. The molecule has 23 heavy (non-hydrogen) atoms. The third-order valence-electron chi connectivity index (χ3n) is 3.26. The molecule has 0 spiro atoms. The first-order valence-corrected chi connectivity index (χ1v) is 7.45. The average molecular weight is 336 g/mol. The maximum atomic E-state index is 12.4. The van der Waals surface area contributed by atoms with Crippen molar-refractivity contribution in [2.75, 3.05) is 5.23 Å². The van der Waals surface area contributed by atoms with E-state index in [2.05, 4.69) is 10.6 Å². The normalized spacial score (nSPS) is 17.7. The minimum absolute atomic E-state index is 0.0583. The van der Waals surface area contributed by atoms with Gasteiger partial charge in [0.15, 0.2) is 5.11 Å². The number of rotatable bonds is 4. The Morgan fingerprint density at radius 1 is 1.48 bits per heavy atom. The van der Waals surface area contributed by atoms with Gasteiger partial charge in [0.25, 0.3) is 0 Å². The summed E-state index contributed by atoms with van der Waals surface area (Å²) in [5.74, 6) is -0.474. The molecule has 0 saturated heterocycles. The molecule has 0 unspecified atom stereocenters. The first-order valence-electron chi connectivity index (χ1n) is 7.05. The van der Waals surface area contributed by atoms with Crippen LogP contribution in [0.15, 0.2) is 35.5 Å². The number of nitrogens with zero attached hydrogens (tertiary/aromatic N) is 1. The number of anilines is 1. The zero-order valence-corrected chi connectivity index (χ0v) is 13.8. The number of carbonyl (C=O) groups excluding carboxylic acids is 1. The Morgan fingerprint density at radius 3 is 2.78 bits per heavy atom. The molecule has 3 N–H and O–H groups in total. The third kappa shape index (κ3) is 3.98. The fraction of sp³-hybridized carbons (Fsp3) is 0.333. The van der Waals surface area contributed by atoms with Gasteiger partial charge in [-0.25, -0.2) is 4.79 Å². The van der Waals surface area contributed by atoms with Crippen molar-refractivity contribution in [2.24, 2.45) is 0 Å². The van der Waals surface area contributed by atoms with Crippen molar-refractivity contribution in [3.05, 3.63) is 46.3 Å². The van der Waals surface area contributed by atoms with Crippen LogP contribution in [0, 0.1) is 5.21 Å². The van der Waals surface area contributed by atoms with Gasteiger partial charge in [-0.2, -0.15) is 0 Å². The summed E-state index contributed by atoms with van der Waals surface area (Å²) in [4.78, 5) is 12.4. The quantitative estimate of drug-likeness (QED) is 0.437. The van der Waals surface area contributed by atoms with Crippen molar-refractivity contribution >= 4 is 29.0 Å². The van der Waals surface area contributed by atoms with E-state index in [0.717, 1.165) is 0 Å². The van der Waals surface area contributed by atoms with E-state index >= 15 is 0 Å². The van der Waals surface area contributed by atoms with Gasteiger partial charge >= 0.3 is 5.97 Å². The number of hydrogen-bond donors (Lipinski definition) is 3. The second-order valence-corrected chi connectivity index (χ2v) is 5.80. The van der Waals surface area contributed by atoms with Crippen molar-refractivity contribution in [3.8, 4) is 0 Å². The Labute approximate surface area is 139 Å². The fourth-order valence-corrected chi connectivity index (χ4v) is 2.59. The molecule has 0 fully saturated rings. The van der Waals surface area contributed by atoms with Crippen LogP contribution >= 0.6 is 12.2 Å². The molecule has 7 nitrogen and oxygen atoms in total. The summed E-state index contributed by atoms with van der Waals surface area (Å²) in [6.07, 6.45) is -0.266. The minimum atomic E-state index is -0.574. The molecule has 0 saturated carbocycles. The van der Waals surface area contributed by atoms with Gasteiger partial charge in [-0.1, -0.05) is 12.1 Å². The second-order valence-electron chi connectivity index (χ2n) is 5.39. The number of benzene rings is 1. The van der Waals surface area contributed by atoms with E-state index < -0.39 is 12.0 Å².